The van der Waals surface area contributed by atoms with Crippen LogP contribution >= 0.6 is 0 Å². The highest BCUT2D eigenvalue weighted by Gasteiger charge is 2.27. The largest absolute Gasteiger partial charge is 0.341 e. The number of benzene rings is 2. The van der Waals surface area contributed by atoms with Crippen molar-refractivity contribution in [2.24, 2.45) is 10.7 Å². The second kappa shape index (κ2) is 10.8. The molecule has 6 rings (SSSR count). The standard InChI is InChI=1S/C31H30N8O/c1-2-3-17-38-29-28(35-31(38)37-16-8-11-23(33)19-37)26(14-15-32)36-39(30(29)40)20-27-24-12-6-4-9-21(24)18-22-10-5-7-13-25(22)34-27/h4-7,9-10,12-13,23H,8,11,14,16-20,33H2,1H3. The maximum Gasteiger partial charge on any atom is 0.293 e. The number of nitrogens with two attached hydrogens (primary N) is 1. The smallest absolute Gasteiger partial charge is 0.293 e. The van der Waals surface area contributed by atoms with Gasteiger partial charge < -0.3 is 10.6 Å². The molecule has 0 bridgehead atoms. The molecular formula is C31H30N8O. The Hall–Kier alpha value is -4.73. The Kier molecular flexibility index (Phi) is 6.90. The van der Waals surface area contributed by atoms with Crippen molar-refractivity contribution in [2.75, 3.05) is 18.0 Å². The highest BCUT2D eigenvalue weighted by molar-refractivity contribution is 6.04. The van der Waals surface area contributed by atoms with E-state index < -0.39 is 0 Å². The normalized spacial score (nSPS) is 16.3. The van der Waals surface area contributed by atoms with E-state index in [-0.39, 0.29) is 24.6 Å². The Balaban J connectivity index is 1.54. The molecule has 9 nitrogen and oxygen atoms in total. The number of piperidine rings is 1. The Morgan fingerprint density at radius 3 is 2.73 bits per heavy atom. The third kappa shape index (κ3) is 4.66. The average molecular weight is 531 g/mol. The molecule has 4 aromatic rings. The van der Waals surface area contributed by atoms with Gasteiger partial charge in [0.05, 0.1) is 37.0 Å². The molecule has 0 spiro atoms. The minimum absolute atomic E-state index is 0.0259. The first-order valence-corrected chi connectivity index (χ1v) is 13.6. The predicted molar refractivity (Wildman–Crippen MR) is 156 cm³/mol. The van der Waals surface area contributed by atoms with E-state index in [2.05, 4.69) is 40.0 Å². The predicted octanol–water partition coefficient (Wildman–Crippen LogP) is 3.34. The molecule has 0 radical (unpaired) electrons. The van der Waals surface area contributed by atoms with Crippen LogP contribution in [-0.2, 0) is 25.9 Å². The van der Waals surface area contributed by atoms with Gasteiger partial charge in [-0.15, -0.1) is 5.92 Å². The summed E-state index contributed by atoms with van der Waals surface area (Å²) in [5.74, 6) is 6.69. The van der Waals surface area contributed by atoms with Crippen molar-refractivity contribution in [2.45, 2.75) is 51.7 Å². The molecule has 2 aliphatic heterocycles. The summed E-state index contributed by atoms with van der Waals surface area (Å²) in [5.41, 5.74) is 12.2. The number of nitrogens with zero attached hydrogens (tertiary/aromatic N) is 7. The quantitative estimate of drug-likeness (QED) is 0.396. The summed E-state index contributed by atoms with van der Waals surface area (Å²) in [4.78, 5) is 26.2. The molecular weight excluding hydrogens is 500 g/mol. The molecule has 1 saturated heterocycles. The lowest BCUT2D eigenvalue weighted by atomic mass is 9.98. The third-order valence-corrected chi connectivity index (χ3v) is 7.56. The molecule has 200 valence electrons. The summed E-state index contributed by atoms with van der Waals surface area (Å²) >= 11 is 0. The number of imidazole rings is 1. The summed E-state index contributed by atoms with van der Waals surface area (Å²) in [6.45, 7) is 3.67. The molecule has 2 aliphatic rings. The van der Waals surface area contributed by atoms with Crippen LogP contribution in [0.2, 0.25) is 0 Å². The molecule has 1 atom stereocenters. The topological polar surface area (TPSA) is 118 Å². The number of fused-ring (bicyclic) bond motifs is 3. The van der Waals surface area contributed by atoms with Crippen molar-refractivity contribution in [3.63, 3.8) is 0 Å². The molecule has 2 aromatic heterocycles. The van der Waals surface area contributed by atoms with Crippen molar-refractivity contribution in [1.29, 1.82) is 5.26 Å². The molecule has 9 heteroatoms. The van der Waals surface area contributed by atoms with Crippen LogP contribution in [0.1, 0.15) is 42.1 Å². The van der Waals surface area contributed by atoms with Crippen LogP contribution in [0.5, 0.6) is 0 Å². The molecule has 4 heterocycles. The maximum atomic E-state index is 14.2. The van der Waals surface area contributed by atoms with Gasteiger partial charge in [0.1, 0.15) is 16.7 Å². The molecule has 1 fully saturated rings. The number of rotatable bonds is 5. The first-order chi connectivity index (χ1) is 19.6. The van der Waals surface area contributed by atoms with Gasteiger partial charge in [0.25, 0.3) is 5.56 Å². The first-order valence-electron chi connectivity index (χ1n) is 13.6. The zero-order valence-corrected chi connectivity index (χ0v) is 22.5. The summed E-state index contributed by atoms with van der Waals surface area (Å²) < 4.78 is 3.30. The van der Waals surface area contributed by atoms with E-state index in [9.17, 15) is 10.1 Å². The van der Waals surface area contributed by atoms with Crippen molar-refractivity contribution < 1.29 is 0 Å². The van der Waals surface area contributed by atoms with Gasteiger partial charge in [-0.25, -0.2) is 9.67 Å². The lowest BCUT2D eigenvalue weighted by Gasteiger charge is -2.31. The van der Waals surface area contributed by atoms with Crippen LogP contribution < -0.4 is 16.2 Å². The molecule has 0 aliphatic carbocycles. The minimum Gasteiger partial charge on any atom is -0.341 e. The van der Waals surface area contributed by atoms with Crippen LogP contribution in [0.4, 0.5) is 11.6 Å². The van der Waals surface area contributed by atoms with E-state index in [1.165, 1.54) is 4.68 Å². The van der Waals surface area contributed by atoms with E-state index in [1.54, 1.807) is 6.92 Å². The number of nitriles is 1. The molecule has 2 aromatic carbocycles. The monoisotopic (exact) mass is 530 g/mol. The van der Waals surface area contributed by atoms with Gasteiger partial charge in [-0.05, 0) is 37.0 Å². The summed E-state index contributed by atoms with van der Waals surface area (Å²) in [5, 5.41) is 14.3. The van der Waals surface area contributed by atoms with Gasteiger partial charge in [0.15, 0.2) is 0 Å². The van der Waals surface area contributed by atoms with Gasteiger partial charge in [0.2, 0.25) is 5.95 Å². The zero-order valence-electron chi connectivity index (χ0n) is 22.5. The molecule has 0 saturated carbocycles. The summed E-state index contributed by atoms with van der Waals surface area (Å²) in [7, 11) is 0. The van der Waals surface area contributed by atoms with Gasteiger partial charge in [-0.3, -0.25) is 14.4 Å². The Morgan fingerprint density at radius 1 is 1.12 bits per heavy atom. The van der Waals surface area contributed by atoms with Crippen molar-refractivity contribution in [3.05, 3.63) is 81.3 Å². The number of aliphatic imine (C=N–C) groups is 1. The highest BCUT2D eigenvalue weighted by Crippen LogP contribution is 2.29. The van der Waals surface area contributed by atoms with E-state index in [0.29, 0.717) is 35.8 Å². The average Bonchev–Trinajstić information content (AvgIpc) is 3.27. The minimum atomic E-state index is -0.285. The van der Waals surface area contributed by atoms with Gasteiger partial charge in [-0.2, -0.15) is 10.4 Å². The summed E-state index contributed by atoms with van der Waals surface area (Å²) in [6.07, 6.45) is 2.67. The van der Waals surface area contributed by atoms with Crippen LogP contribution in [0.3, 0.4) is 0 Å². The van der Waals surface area contributed by atoms with E-state index in [4.69, 9.17) is 15.7 Å². The fourth-order valence-corrected chi connectivity index (χ4v) is 5.66. The molecule has 2 N–H and O–H groups in total. The lowest BCUT2D eigenvalue weighted by Crippen LogP contribution is -2.44. The van der Waals surface area contributed by atoms with Crippen LogP contribution in [0, 0.1) is 23.2 Å². The SMILES string of the molecule is CC#CCn1c(N2CCCC(N)C2)nc2c(CC#N)nn(CC3=Nc4ccccc4Cc4ccccc43)c(=O)c21. The fourth-order valence-electron chi connectivity index (χ4n) is 5.66. The second-order valence-electron chi connectivity index (χ2n) is 10.2. The highest BCUT2D eigenvalue weighted by atomic mass is 16.1. The number of anilines is 1. The number of para-hydroxylation sites is 1. The number of hydrogen-bond donors (Lipinski definition) is 1. The Labute approximate surface area is 232 Å². The molecule has 1 unspecified atom stereocenters. The van der Waals surface area contributed by atoms with E-state index in [0.717, 1.165) is 53.9 Å². The summed E-state index contributed by atoms with van der Waals surface area (Å²) in [6, 6.07) is 18.4. The number of hydrogen-bond acceptors (Lipinski definition) is 7. The lowest BCUT2D eigenvalue weighted by molar-refractivity contribution is 0.496. The fraction of sp³-hybridized carbons (Fsp3) is 0.323. The van der Waals surface area contributed by atoms with Crippen molar-refractivity contribution >= 4 is 28.4 Å². The third-order valence-electron chi connectivity index (χ3n) is 7.56. The first kappa shape index (κ1) is 25.5. The van der Waals surface area contributed by atoms with Crippen LogP contribution in [0.15, 0.2) is 58.3 Å². The number of aromatic nitrogens is 4. The van der Waals surface area contributed by atoms with E-state index in [1.807, 2.05) is 41.0 Å². The Morgan fingerprint density at radius 2 is 1.93 bits per heavy atom. The molecule has 40 heavy (non-hydrogen) atoms. The van der Waals surface area contributed by atoms with Crippen molar-refractivity contribution in [3.8, 4) is 17.9 Å². The Bertz CT molecular complexity index is 1800. The van der Waals surface area contributed by atoms with Crippen LogP contribution in [0.25, 0.3) is 11.0 Å². The maximum absolute atomic E-state index is 14.2. The van der Waals surface area contributed by atoms with Gasteiger partial charge in [-0.1, -0.05) is 48.4 Å². The molecule has 0 amide bonds. The van der Waals surface area contributed by atoms with Gasteiger partial charge >= 0.3 is 0 Å². The van der Waals surface area contributed by atoms with Crippen LogP contribution in [-0.4, -0.2) is 44.2 Å². The second-order valence-corrected chi connectivity index (χ2v) is 10.2. The van der Waals surface area contributed by atoms with Crippen molar-refractivity contribution in [1.82, 2.24) is 19.3 Å². The zero-order chi connectivity index (χ0) is 27.6. The van der Waals surface area contributed by atoms with E-state index >= 15 is 0 Å². The van der Waals surface area contributed by atoms with Gasteiger partial charge in [0, 0.05) is 31.1 Å².